The van der Waals surface area contributed by atoms with Crippen molar-refractivity contribution in [1.29, 1.82) is 5.26 Å². The standard InChI is InChI=1S/C26H23ClN4O2/c1-14-17(27)8-6-10-19(14)31-20-11-25(2,3)12-21(32)22(20)26(16(13-28)23(31)29)15-7-4-5-9-18(15)30-24(26)33/h4-10H,11-12,29H2,1-3H3,(H,30,33)/t26-/m0/s1. The summed E-state index contributed by atoms with van der Waals surface area (Å²) in [6.45, 7) is 5.91. The van der Waals surface area contributed by atoms with Crippen molar-refractivity contribution in [3.63, 3.8) is 0 Å². The zero-order valence-electron chi connectivity index (χ0n) is 18.6. The molecular weight excluding hydrogens is 436 g/mol. The molecule has 5 rings (SSSR count). The summed E-state index contributed by atoms with van der Waals surface area (Å²) < 4.78 is 0. The van der Waals surface area contributed by atoms with Gasteiger partial charge in [0.25, 0.3) is 0 Å². The second-order valence-corrected chi connectivity index (χ2v) is 10.0. The van der Waals surface area contributed by atoms with Crippen molar-refractivity contribution in [2.75, 3.05) is 10.2 Å². The highest BCUT2D eigenvalue weighted by atomic mass is 35.5. The first-order chi connectivity index (χ1) is 15.6. The third kappa shape index (κ3) is 2.72. The van der Waals surface area contributed by atoms with Crippen molar-refractivity contribution in [2.45, 2.75) is 39.0 Å². The largest absolute Gasteiger partial charge is 0.384 e. The molecule has 0 unspecified atom stereocenters. The summed E-state index contributed by atoms with van der Waals surface area (Å²) in [4.78, 5) is 29.2. The van der Waals surface area contributed by atoms with Gasteiger partial charge in [-0.05, 0) is 42.5 Å². The van der Waals surface area contributed by atoms with E-state index in [9.17, 15) is 14.9 Å². The molecule has 0 saturated heterocycles. The quantitative estimate of drug-likeness (QED) is 0.645. The molecule has 2 aromatic carbocycles. The zero-order valence-corrected chi connectivity index (χ0v) is 19.4. The fraction of sp³-hybridized carbons (Fsp3) is 0.269. The van der Waals surface area contributed by atoms with E-state index in [1.165, 1.54) is 0 Å². The molecule has 2 aromatic rings. The number of carbonyl (C=O) groups is 2. The molecule has 2 heterocycles. The van der Waals surface area contributed by atoms with Crippen LogP contribution >= 0.6 is 11.6 Å². The van der Waals surface area contributed by atoms with E-state index in [-0.39, 0.29) is 29.0 Å². The minimum absolute atomic E-state index is 0.0520. The van der Waals surface area contributed by atoms with Crippen molar-refractivity contribution < 1.29 is 9.59 Å². The molecule has 0 aromatic heterocycles. The maximum absolute atomic E-state index is 13.8. The molecule has 166 valence electrons. The predicted molar refractivity (Wildman–Crippen MR) is 127 cm³/mol. The number of allylic oxidation sites excluding steroid dienone is 1. The third-order valence-corrected chi connectivity index (χ3v) is 7.29. The molecule has 2 aliphatic heterocycles. The Labute approximate surface area is 197 Å². The van der Waals surface area contributed by atoms with Crippen LogP contribution in [0.4, 0.5) is 11.4 Å². The van der Waals surface area contributed by atoms with Gasteiger partial charge in [0, 0.05) is 34.0 Å². The van der Waals surface area contributed by atoms with E-state index in [0.29, 0.717) is 39.7 Å². The summed E-state index contributed by atoms with van der Waals surface area (Å²) in [6.07, 6.45) is 0.778. The van der Waals surface area contributed by atoms with Gasteiger partial charge in [0.2, 0.25) is 5.91 Å². The van der Waals surface area contributed by atoms with Crippen LogP contribution in [0.3, 0.4) is 0 Å². The summed E-state index contributed by atoms with van der Waals surface area (Å²) in [6, 6.07) is 14.8. The zero-order chi connectivity index (χ0) is 23.7. The number of halogens is 1. The lowest BCUT2D eigenvalue weighted by molar-refractivity contribution is -0.123. The first-order valence-electron chi connectivity index (χ1n) is 10.8. The van der Waals surface area contributed by atoms with Crippen LogP contribution in [0.1, 0.15) is 37.8 Å². The van der Waals surface area contributed by atoms with E-state index in [4.69, 9.17) is 17.3 Å². The lowest BCUT2D eigenvalue weighted by Gasteiger charge is -2.47. The Morgan fingerprint density at radius 3 is 2.58 bits per heavy atom. The average molecular weight is 459 g/mol. The summed E-state index contributed by atoms with van der Waals surface area (Å²) >= 11 is 6.43. The second-order valence-electron chi connectivity index (χ2n) is 9.60. The van der Waals surface area contributed by atoms with Gasteiger partial charge < -0.3 is 11.1 Å². The number of hydrogen-bond acceptors (Lipinski definition) is 5. The van der Waals surface area contributed by atoms with Crippen molar-refractivity contribution in [3.05, 3.63) is 81.3 Å². The summed E-state index contributed by atoms with van der Waals surface area (Å²) in [5.74, 6) is -0.441. The number of ketones is 1. The van der Waals surface area contributed by atoms with Crippen molar-refractivity contribution in [3.8, 4) is 6.07 Å². The van der Waals surface area contributed by atoms with Crippen LogP contribution in [0.25, 0.3) is 0 Å². The smallest absolute Gasteiger partial charge is 0.245 e. The molecule has 3 N–H and O–H groups in total. The van der Waals surface area contributed by atoms with Crippen LogP contribution in [0.15, 0.2) is 65.1 Å². The number of nitrogens with one attached hydrogen (secondary N) is 1. The van der Waals surface area contributed by atoms with Gasteiger partial charge in [0.1, 0.15) is 17.3 Å². The number of benzene rings is 2. The first kappa shape index (κ1) is 21.3. The van der Waals surface area contributed by atoms with Crippen molar-refractivity contribution in [1.82, 2.24) is 0 Å². The Morgan fingerprint density at radius 1 is 1.12 bits per heavy atom. The Balaban J connectivity index is 1.92. The lowest BCUT2D eigenvalue weighted by atomic mass is 9.60. The average Bonchev–Trinajstić information content (AvgIpc) is 3.02. The van der Waals surface area contributed by atoms with E-state index >= 15 is 0 Å². The first-order valence-corrected chi connectivity index (χ1v) is 11.1. The maximum Gasteiger partial charge on any atom is 0.245 e. The number of rotatable bonds is 1. The Morgan fingerprint density at radius 2 is 1.85 bits per heavy atom. The highest BCUT2D eigenvalue weighted by Gasteiger charge is 2.61. The number of nitriles is 1. The van der Waals surface area contributed by atoms with Gasteiger partial charge in [-0.15, -0.1) is 0 Å². The topological polar surface area (TPSA) is 99.2 Å². The molecule has 1 atom stereocenters. The van der Waals surface area contributed by atoms with Gasteiger partial charge in [0.05, 0.1) is 11.3 Å². The number of anilines is 2. The van der Waals surface area contributed by atoms with E-state index in [1.54, 1.807) is 29.2 Å². The molecule has 0 saturated carbocycles. The van der Waals surface area contributed by atoms with Crippen molar-refractivity contribution >= 4 is 34.7 Å². The molecule has 0 radical (unpaired) electrons. The number of hydrogen-bond donors (Lipinski definition) is 2. The normalized spacial score (nSPS) is 23.4. The second kappa shape index (κ2) is 6.97. The number of Topliss-reactive ketones (excluding diaryl/α,β-unsaturated/α-hetero) is 1. The summed E-state index contributed by atoms with van der Waals surface area (Å²) in [5.41, 5.74) is 8.45. The third-order valence-electron chi connectivity index (χ3n) is 6.88. The lowest BCUT2D eigenvalue weighted by Crippen LogP contribution is -2.52. The predicted octanol–water partition coefficient (Wildman–Crippen LogP) is 4.70. The molecule has 1 spiro atoms. The summed E-state index contributed by atoms with van der Waals surface area (Å²) in [5, 5.41) is 13.8. The number of nitrogens with zero attached hydrogens (tertiary/aromatic N) is 2. The van der Waals surface area contributed by atoms with Gasteiger partial charge >= 0.3 is 0 Å². The maximum atomic E-state index is 13.8. The molecule has 7 heteroatoms. The molecule has 33 heavy (non-hydrogen) atoms. The Hall–Kier alpha value is -3.56. The van der Waals surface area contributed by atoms with Crippen LogP contribution < -0.4 is 16.0 Å². The van der Waals surface area contributed by atoms with Gasteiger partial charge in [-0.2, -0.15) is 5.26 Å². The minimum Gasteiger partial charge on any atom is -0.384 e. The molecule has 1 amide bonds. The van der Waals surface area contributed by atoms with Crippen LogP contribution in [0, 0.1) is 23.7 Å². The Bertz CT molecular complexity index is 1360. The number of para-hydroxylation sites is 1. The molecule has 6 nitrogen and oxygen atoms in total. The fourth-order valence-electron chi connectivity index (χ4n) is 5.49. The van der Waals surface area contributed by atoms with Crippen LogP contribution in [-0.2, 0) is 15.0 Å². The highest BCUT2D eigenvalue weighted by molar-refractivity contribution is 6.31. The molecular formula is C26H23ClN4O2. The molecule has 0 bridgehead atoms. The molecule has 3 aliphatic rings. The van der Waals surface area contributed by atoms with Crippen LogP contribution in [0.2, 0.25) is 5.02 Å². The van der Waals surface area contributed by atoms with E-state index in [1.807, 2.05) is 39.0 Å². The van der Waals surface area contributed by atoms with Gasteiger partial charge in [0.15, 0.2) is 5.78 Å². The van der Waals surface area contributed by atoms with E-state index in [0.717, 1.165) is 5.56 Å². The van der Waals surface area contributed by atoms with Gasteiger partial charge in [-0.3, -0.25) is 14.5 Å². The number of nitrogens with two attached hydrogens (primary N) is 1. The van der Waals surface area contributed by atoms with Crippen LogP contribution in [-0.4, -0.2) is 11.7 Å². The van der Waals surface area contributed by atoms with Gasteiger partial charge in [-0.1, -0.05) is 49.7 Å². The SMILES string of the molecule is Cc1c(Cl)cccc1N1C(N)=C(C#N)[C@]2(C(=O)Nc3ccccc32)C2=C1CC(C)(C)CC2=O. The van der Waals surface area contributed by atoms with Gasteiger partial charge in [-0.25, -0.2) is 0 Å². The summed E-state index contributed by atoms with van der Waals surface area (Å²) in [7, 11) is 0. The van der Waals surface area contributed by atoms with Crippen molar-refractivity contribution in [2.24, 2.45) is 11.1 Å². The fourth-order valence-corrected chi connectivity index (χ4v) is 5.66. The highest BCUT2D eigenvalue weighted by Crippen LogP contribution is 2.57. The van der Waals surface area contributed by atoms with Crippen LogP contribution in [0.5, 0.6) is 0 Å². The molecule has 1 aliphatic carbocycles. The van der Waals surface area contributed by atoms with E-state index < -0.39 is 11.3 Å². The Kier molecular flexibility index (Phi) is 4.50. The number of fused-ring (bicyclic) bond motifs is 3. The van der Waals surface area contributed by atoms with E-state index in [2.05, 4.69) is 11.4 Å². The number of carbonyl (C=O) groups excluding carboxylic acids is 2. The number of amides is 1. The monoisotopic (exact) mass is 458 g/mol. The minimum atomic E-state index is -1.57. The molecule has 0 fully saturated rings.